The van der Waals surface area contributed by atoms with Crippen LogP contribution in [0.4, 0.5) is 0 Å². The Kier molecular flexibility index (Phi) is 4.58. The molecular formula is C12H24N2O. The molecule has 1 aliphatic rings. The fourth-order valence-corrected chi connectivity index (χ4v) is 1.95. The van der Waals surface area contributed by atoms with Crippen LogP contribution in [0.3, 0.4) is 0 Å². The van der Waals surface area contributed by atoms with Gasteiger partial charge in [0.2, 0.25) is 5.91 Å². The van der Waals surface area contributed by atoms with Crippen molar-refractivity contribution in [1.29, 1.82) is 0 Å². The van der Waals surface area contributed by atoms with E-state index in [0.717, 1.165) is 26.1 Å². The van der Waals surface area contributed by atoms with E-state index in [0.29, 0.717) is 23.8 Å². The molecule has 1 atom stereocenters. The molecule has 88 valence electrons. The van der Waals surface area contributed by atoms with Crippen molar-refractivity contribution in [3.8, 4) is 0 Å². The summed E-state index contributed by atoms with van der Waals surface area (Å²) in [7, 11) is 0. The lowest BCUT2D eigenvalue weighted by Gasteiger charge is -2.19. The van der Waals surface area contributed by atoms with Gasteiger partial charge in [-0.05, 0) is 11.8 Å². The normalized spacial score (nSPS) is 22.1. The highest BCUT2D eigenvalue weighted by Gasteiger charge is 2.30. The maximum absolute atomic E-state index is 11.7. The van der Waals surface area contributed by atoms with Gasteiger partial charge >= 0.3 is 0 Å². The zero-order valence-corrected chi connectivity index (χ0v) is 10.4. The molecule has 0 aromatic heterocycles. The first-order valence-electron chi connectivity index (χ1n) is 6.02. The van der Waals surface area contributed by atoms with Gasteiger partial charge in [0, 0.05) is 32.1 Å². The van der Waals surface area contributed by atoms with Crippen LogP contribution in [0.15, 0.2) is 0 Å². The molecule has 0 aliphatic carbocycles. The zero-order chi connectivity index (χ0) is 11.4. The van der Waals surface area contributed by atoms with E-state index in [1.807, 2.05) is 4.90 Å². The van der Waals surface area contributed by atoms with E-state index in [9.17, 15) is 4.79 Å². The third kappa shape index (κ3) is 3.82. The molecule has 0 spiro atoms. The summed E-state index contributed by atoms with van der Waals surface area (Å²) in [6, 6.07) is 0.503. The van der Waals surface area contributed by atoms with Crippen LogP contribution in [0.25, 0.3) is 0 Å². The van der Waals surface area contributed by atoms with E-state index in [-0.39, 0.29) is 0 Å². The average molecular weight is 212 g/mol. The van der Waals surface area contributed by atoms with E-state index in [1.165, 1.54) is 0 Å². The highest BCUT2D eigenvalue weighted by Crippen LogP contribution is 2.24. The van der Waals surface area contributed by atoms with Crippen molar-refractivity contribution in [2.75, 3.05) is 19.6 Å². The van der Waals surface area contributed by atoms with Gasteiger partial charge in [0.05, 0.1) is 0 Å². The smallest absolute Gasteiger partial charge is 0.222 e. The summed E-state index contributed by atoms with van der Waals surface area (Å²) >= 11 is 0. The monoisotopic (exact) mass is 212 g/mol. The second-order valence-electron chi connectivity index (χ2n) is 5.16. The minimum atomic E-state index is 0.333. The molecule has 1 heterocycles. The summed E-state index contributed by atoms with van der Waals surface area (Å²) in [6.45, 7) is 11.4. The van der Waals surface area contributed by atoms with Gasteiger partial charge in [0.25, 0.3) is 0 Å². The second kappa shape index (κ2) is 5.50. The van der Waals surface area contributed by atoms with Gasteiger partial charge in [-0.3, -0.25) is 4.79 Å². The van der Waals surface area contributed by atoms with Crippen molar-refractivity contribution in [3.05, 3.63) is 0 Å². The first-order chi connectivity index (χ1) is 7.00. The Morgan fingerprint density at radius 2 is 2.07 bits per heavy atom. The van der Waals surface area contributed by atoms with E-state index >= 15 is 0 Å². The molecule has 1 amide bonds. The van der Waals surface area contributed by atoms with Gasteiger partial charge in [0.15, 0.2) is 0 Å². The first-order valence-corrected chi connectivity index (χ1v) is 6.02. The van der Waals surface area contributed by atoms with E-state index < -0.39 is 0 Å². The molecule has 3 nitrogen and oxygen atoms in total. The van der Waals surface area contributed by atoms with Crippen LogP contribution in [0.1, 0.15) is 34.1 Å². The van der Waals surface area contributed by atoms with Crippen LogP contribution in [0.5, 0.6) is 0 Å². The van der Waals surface area contributed by atoms with Crippen LogP contribution in [0.2, 0.25) is 0 Å². The molecule has 1 N–H and O–H groups in total. The molecule has 0 bridgehead atoms. The van der Waals surface area contributed by atoms with Crippen LogP contribution in [-0.4, -0.2) is 36.5 Å². The van der Waals surface area contributed by atoms with Crippen LogP contribution >= 0.6 is 0 Å². The lowest BCUT2D eigenvalue weighted by molar-refractivity contribution is -0.127. The molecule has 0 aromatic rings. The number of hydrogen-bond acceptors (Lipinski definition) is 2. The molecule has 1 unspecified atom stereocenters. The topological polar surface area (TPSA) is 32.3 Å². The van der Waals surface area contributed by atoms with Gasteiger partial charge in [-0.15, -0.1) is 0 Å². The molecule has 1 aliphatic heterocycles. The van der Waals surface area contributed by atoms with Crippen molar-refractivity contribution in [2.45, 2.75) is 40.2 Å². The maximum Gasteiger partial charge on any atom is 0.222 e. The molecule has 0 aromatic carbocycles. The Labute approximate surface area is 93.2 Å². The van der Waals surface area contributed by atoms with Crippen molar-refractivity contribution in [1.82, 2.24) is 10.2 Å². The van der Waals surface area contributed by atoms with E-state index in [2.05, 4.69) is 33.0 Å². The van der Waals surface area contributed by atoms with Gasteiger partial charge in [-0.2, -0.15) is 0 Å². The summed E-state index contributed by atoms with van der Waals surface area (Å²) in [4.78, 5) is 13.7. The lowest BCUT2D eigenvalue weighted by Crippen LogP contribution is -2.35. The first kappa shape index (κ1) is 12.5. The van der Waals surface area contributed by atoms with Crippen molar-refractivity contribution in [3.63, 3.8) is 0 Å². The molecular weight excluding hydrogens is 188 g/mol. The number of hydrogen-bond donors (Lipinski definition) is 1. The third-order valence-corrected chi connectivity index (χ3v) is 3.12. The number of rotatable bonds is 5. The Morgan fingerprint density at radius 3 is 2.53 bits per heavy atom. The fraction of sp³-hybridized carbons (Fsp3) is 0.917. The number of carbonyl (C=O) groups is 1. The summed E-state index contributed by atoms with van der Waals surface area (Å²) in [5, 5.41) is 3.34. The highest BCUT2D eigenvalue weighted by atomic mass is 16.2. The summed E-state index contributed by atoms with van der Waals surface area (Å²) in [5.41, 5.74) is 0. The fourth-order valence-electron chi connectivity index (χ4n) is 1.95. The third-order valence-electron chi connectivity index (χ3n) is 3.12. The van der Waals surface area contributed by atoms with Crippen LogP contribution < -0.4 is 5.32 Å². The van der Waals surface area contributed by atoms with Crippen LogP contribution in [0, 0.1) is 11.8 Å². The molecule has 15 heavy (non-hydrogen) atoms. The predicted molar refractivity (Wildman–Crippen MR) is 62.7 cm³/mol. The number of carbonyl (C=O) groups excluding carboxylic acids is 1. The minimum absolute atomic E-state index is 0.333. The molecule has 0 radical (unpaired) electrons. The quantitative estimate of drug-likeness (QED) is 0.749. The van der Waals surface area contributed by atoms with E-state index in [1.54, 1.807) is 0 Å². The number of nitrogens with one attached hydrogen (secondary N) is 1. The largest absolute Gasteiger partial charge is 0.341 e. The molecule has 1 rings (SSSR count). The maximum atomic E-state index is 11.7. The predicted octanol–water partition coefficient (Wildman–Crippen LogP) is 1.49. The van der Waals surface area contributed by atoms with E-state index in [4.69, 9.17) is 0 Å². The summed E-state index contributed by atoms with van der Waals surface area (Å²) in [5.74, 6) is 1.52. The minimum Gasteiger partial charge on any atom is -0.341 e. The molecule has 1 saturated heterocycles. The van der Waals surface area contributed by atoms with Gasteiger partial charge in [-0.1, -0.05) is 27.7 Å². The standard InChI is InChI=1S/C12H24N2O/c1-9(2)11-7-12(15)14(8-11)6-5-13-10(3)4/h9-11,13H,5-8H2,1-4H3. The van der Waals surface area contributed by atoms with Gasteiger partial charge in [0.1, 0.15) is 0 Å². The van der Waals surface area contributed by atoms with Gasteiger partial charge < -0.3 is 10.2 Å². The number of amides is 1. The SMILES string of the molecule is CC(C)NCCN1CC(C(C)C)CC1=O. The summed E-state index contributed by atoms with van der Waals surface area (Å²) in [6.07, 6.45) is 0.749. The Hall–Kier alpha value is -0.570. The zero-order valence-electron chi connectivity index (χ0n) is 10.4. The average Bonchev–Trinajstić information content (AvgIpc) is 2.47. The Balaban J connectivity index is 2.28. The lowest BCUT2D eigenvalue weighted by atomic mass is 9.95. The number of nitrogens with zero attached hydrogens (tertiary/aromatic N) is 1. The molecule has 3 heteroatoms. The second-order valence-corrected chi connectivity index (χ2v) is 5.16. The Morgan fingerprint density at radius 1 is 1.40 bits per heavy atom. The van der Waals surface area contributed by atoms with Crippen molar-refractivity contribution < 1.29 is 4.79 Å². The summed E-state index contributed by atoms with van der Waals surface area (Å²) < 4.78 is 0. The van der Waals surface area contributed by atoms with Crippen LogP contribution in [-0.2, 0) is 4.79 Å². The number of likely N-dealkylation sites (tertiary alicyclic amines) is 1. The highest BCUT2D eigenvalue weighted by molar-refractivity contribution is 5.78. The van der Waals surface area contributed by atoms with Crippen molar-refractivity contribution >= 4 is 5.91 Å². The molecule has 1 fully saturated rings. The van der Waals surface area contributed by atoms with Crippen molar-refractivity contribution in [2.24, 2.45) is 11.8 Å². The molecule has 0 saturated carbocycles. The Bertz CT molecular complexity index is 214. The van der Waals surface area contributed by atoms with Gasteiger partial charge in [-0.25, -0.2) is 0 Å².